The maximum absolute atomic E-state index is 12.8. The van der Waals surface area contributed by atoms with Gasteiger partial charge in [0.1, 0.15) is 17.1 Å². The summed E-state index contributed by atoms with van der Waals surface area (Å²) in [5, 5.41) is 11.8. The average molecular weight is 299 g/mol. The minimum absolute atomic E-state index is 0.0501. The second-order valence-corrected chi connectivity index (χ2v) is 5.29. The fourth-order valence-electron chi connectivity index (χ4n) is 1.36. The van der Waals surface area contributed by atoms with Crippen LogP contribution in [0.25, 0.3) is 0 Å². The number of halogens is 2. The van der Waals surface area contributed by atoms with Crippen molar-refractivity contribution in [1.82, 2.24) is 5.32 Å². The van der Waals surface area contributed by atoms with Crippen LogP contribution < -0.4 is 10.1 Å². The van der Waals surface area contributed by atoms with Gasteiger partial charge in [-0.1, -0.05) is 25.4 Å². The fraction of sp³-hybridized carbons (Fsp3) is 0.429. The molecule has 108 valence electrons. The molecule has 0 saturated heterocycles. The Morgan fingerprint density at radius 3 is 2.75 bits per heavy atom. The van der Waals surface area contributed by atoms with Crippen LogP contribution in [0.5, 0.6) is 5.75 Å². The summed E-state index contributed by atoms with van der Waals surface area (Å²) >= 11 is 5.77. The molecule has 0 aromatic heterocycles. The van der Waals surface area contributed by atoms with Gasteiger partial charge in [0.15, 0.2) is 6.61 Å². The number of amides is 1. The molecule has 0 heterocycles. The molecule has 20 heavy (non-hydrogen) atoms. The van der Waals surface area contributed by atoms with E-state index in [1.54, 1.807) is 6.92 Å². The van der Waals surface area contributed by atoms with Crippen molar-refractivity contribution in [2.24, 2.45) is 5.92 Å². The third-order valence-corrected chi connectivity index (χ3v) is 3.33. The Balaban J connectivity index is 2.62. The maximum atomic E-state index is 12.8. The molecule has 4 nitrogen and oxygen atoms in total. The highest BCUT2D eigenvalue weighted by Gasteiger charge is 2.30. The molecule has 0 aliphatic rings. The lowest BCUT2D eigenvalue weighted by Crippen LogP contribution is -2.50. The summed E-state index contributed by atoms with van der Waals surface area (Å²) in [7, 11) is 0. The average Bonchev–Trinajstić information content (AvgIpc) is 2.37. The number of carbonyl (C=O) groups is 1. The van der Waals surface area contributed by atoms with Crippen LogP contribution in [0.4, 0.5) is 4.39 Å². The van der Waals surface area contributed by atoms with Crippen molar-refractivity contribution in [2.75, 3.05) is 6.61 Å². The first-order valence-corrected chi connectivity index (χ1v) is 6.46. The Kier molecular flexibility index (Phi) is 5.34. The maximum Gasteiger partial charge on any atom is 0.259 e. The van der Waals surface area contributed by atoms with Gasteiger partial charge in [0.2, 0.25) is 0 Å². The summed E-state index contributed by atoms with van der Waals surface area (Å²) in [6.45, 7) is 5.01. The third kappa shape index (κ3) is 4.10. The topological polar surface area (TPSA) is 62.1 Å². The smallest absolute Gasteiger partial charge is 0.259 e. The number of hydrogen-bond donors (Lipinski definition) is 1. The molecule has 0 aliphatic heterocycles. The summed E-state index contributed by atoms with van der Waals surface area (Å²) in [5.74, 6) is -0.760. The predicted octanol–water partition coefficient (Wildman–Crippen LogP) is 2.91. The highest BCUT2D eigenvalue weighted by molar-refractivity contribution is 6.32. The first kappa shape index (κ1) is 16.3. The largest absolute Gasteiger partial charge is 0.482 e. The Bertz CT molecular complexity index is 542. The molecule has 6 heteroatoms. The van der Waals surface area contributed by atoms with Crippen LogP contribution in [0.1, 0.15) is 20.8 Å². The summed E-state index contributed by atoms with van der Waals surface area (Å²) in [6.07, 6.45) is 0. The number of nitrogens with one attached hydrogen (secondary N) is 1. The van der Waals surface area contributed by atoms with E-state index >= 15 is 0 Å². The molecule has 0 radical (unpaired) electrons. The summed E-state index contributed by atoms with van der Waals surface area (Å²) < 4.78 is 18.1. The molecule has 1 unspecified atom stereocenters. The third-order valence-electron chi connectivity index (χ3n) is 3.04. The molecule has 0 saturated carbocycles. The number of nitrogens with zero attached hydrogens (tertiary/aromatic N) is 1. The Morgan fingerprint density at radius 2 is 2.25 bits per heavy atom. The quantitative estimate of drug-likeness (QED) is 0.909. The lowest BCUT2D eigenvalue weighted by molar-refractivity contribution is -0.124. The van der Waals surface area contributed by atoms with E-state index in [-0.39, 0.29) is 23.3 Å². The number of hydrogen-bond acceptors (Lipinski definition) is 3. The van der Waals surface area contributed by atoms with Crippen molar-refractivity contribution in [1.29, 1.82) is 5.26 Å². The van der Waals surface area contributed by atoms with Gasteiger partial charge in [0.05, 0.1) is 11.1 Å². The van der Waals surface area contributed by atoms with Crippen LogP contribution in [0.15, 0.2) is 18.2 Å². The SMILES string of the molecule is CC(C)C(C)(C#N)NC(=O)COc1ccc(F)cc1Cl. The lowest BCUT2D eigenvalue weighted by atomic mass is 9.90. The molecule has 1 atom stereocenters. The van der Waals surface area contributed by atoms with E-state index in [0.717, 1.165) is 6.07 Å². The van der Waals surface area contributed by atoms with Crippen molar-refractivity contribution in [3.8, 4) is 11.8 Å². The molecular weight excluding hydrogens is 283 g/mol. The molecule has 1 amide bonds. The zero-order valence-electron chi connectivity index (χ0n) is 11.5. The summed E-state index contributed by atoms with van der Waals surface area (Å²) in [6, 6.07) is 5.69. The van der Waals surface area contributed by atoms with Crippen LogP contribution in [-0.4, -0.2) is 18.1 Å². The Labute approximate surface area is 122 Å². The van der Waals surface area contributed by atoms with Gasteiger partial charge in [-0.2, -0.15) is 5.26 Å². The number of carbonyl (C=O) groups excluding carboxylic acids is 1. The van der Waals surface area contributed by atoms with Crippen LogP contribution in [0.2, 0.25) is 5.02 Å². The molecule has 1 N–H and O–H groups in total. The molecular formula is C14H16ClFN2O2. The molecule has 0 bridgehead atoms. The Morgan fingerprint density at radius 1 is 1.60 bits per heavy atom. The minimum Gasteiger partial charge on any atom is -0.482 e. The van der Waals surface area contributed by atoms with E-state index < -0.39 is 17.3 Å². The summed E-state index contributed by atoms with van der Waals surface area (Å²) in [4.78, 5) is 11.8. The van der Waals surface area contributed by atoms with Gasteiger partial charge in [0, 0.05) is 0 Å². The second-order valence-electron chi connectivity index (χ2n) is 4.88. The zero-order chi connectivity index (χ0) is 15.3. The van der Waals surface area contributed by atoms with E-state index in [9.17, 15) is 9.18 Å². The van der Waals surface area contributed by atoms with Gasteiger partial charge < -0.3 is 10.1 Å². The van der Waals surface area contributed by atoms with Gasteiger partial charge in [0.25, 0.3) is 5.91 Å². The van der Waals surface area contributed by atoms with Crippen molar-refractivity contribution in [3.63, 3.8) is 0 Å². The van der Waals surface area contributed by atoms with Crippen LogP contribution in [0, 0.1) is 23.1 Å². The van der Waals surface area contributed by atoms with E-state index in [2.05, 4.69) is 11.4 Å². The first-order chi connectivity index (χ1) is 9.28. The van der Waals surface area contributed by atoms with Gasteiger partial charge in [-0.15, -0.1) is 0 Å². The molecule has 0 fully saturated rings. The van der Waals surface area contributed by atoms with E-state index in [4.69, 9.17) is 21.6 Å². The van der Waals surface area contributed by atoms with Crippen molar-refractivity contribution < 1.29 is 13.9 Å². The zero-order valence-corrected chi connectivity index (χ0v) is 12.3. The van der Waals surface area contributed by atoms with Crippen molar-refractivity contribution in [2.45, 2.75) is 26.3 Å². The van der Waals surface area contributed by atoms with Crippen LogP contribution in [0.3, 0.4) is 0 Å². The number of ether oxygens (including phenoxy) is 1. The molecule has 0 aliphatic carbocycles. The van der Waals surface area contributed by atoms with Gasteiger partial charge >= 0.3 is 0 Å². The van der Waals surface area contributed by atoms with E-state index in [0.29, 0.717) is 0 Å². The number of nitriles is 1. The van der Waals surface area contributed by atoms with Crippen LogP contribution >= 0.6 is 11.6 Å². The monoisotopic (exact) mass is 298 g/mol. The second kappa shape index (κ2) is 6.58. The highest BCUT2D eigenvalue weighted by atomic mass is 35.5. The van der Waals surface area contributed by atoms with Crippen molar-refractivity contribution in [3.05, 3.63) is 29.0 Å². The highest BCUT2D eigenvalue weighted by Crippen LogP contribution is 2.24. The van der Waals surface area contributed by atoms with Gasteiger partial charge in [-0.25, -0.2) is 4.39 Å². The van der Waals surface area contributed by atoms with Crippen LogP contribution in [-0.2, 0) is 4.79 Å². The lowest BCUT2D eigenvalue weighted by Gasteiger charge is -2.27. The predicted molar refractivity (Wildman–Crippen MR) is 73.9 cm³/mol. The molecule has 0 spiro atoms. The van der Waals surface area contributed by atoms with Crippen molar-refractivity contribution >= 4 is 17.5 Å². The van der Waals surface area contributed by atoms with E-state index in [1.165, 1.54) is 12.1 Å². The minimum atomic E-state index is -0.965. The number of benzene rings is 1. The molecule has 1 rings (SSSR count). The summed E-state index contributed by atoms with van der Waals surface area (Å²) in [5.41, 5.74) is -0.965. The first-order valence-electron chi connectivity index (χ1n) is 6.08. The van der Waals surface area contributed by atoms with E-state index in [1.807, 2.05) is 13.8 Å². The standard InChI is InChI=1S/C14H16ClFN2O2/c1-9(2)14(3,8-17)18-13(19)7-20-12-5-4-10(16)6-11(12)15/h4-6,9H,7H2,1-3H3,(H,18,19). The van der Waals surface area contributed by atoms with Gasteiger partial charge in [-0.05, 0) is 31.0 Å². The molecule has 1 aromatic carbocycles. The van der Waals surface area contributed by atoms with Gasteiger partial charge in [-0.3, -0.25) is 4.79 Å². The fourth-order valence-corrected chi connectivity index (χ4v) is 1.58. The normalized spacial score (nSPS) is 13.4. The Hall–Kier alpha value is -1.80. The molecule has 1 aromatic rings. The number of rotatable bonds is 5.